The lowest BCUT2D eigenvalue weighted by atomic mass is 10.0. The molecule has 0 bridgehead atoms. The molecule has 6 nitrogen and oxygen atoms in total. The fourth-order valence-electron chi connectivity index (χ4n) is 3.15. The molecule has 0 N–H and O–H groups in total. The Morgan fingerprint density at radius 1 is 1.36 bits per heavy atom. The molecule has 1 aromatic heterocycles. The van der Waals surface area contributed by atoms with E-state index in [9.17, 15) is 14.9 Å². The van der Waals surface area contributed by atoms with Gasteiger partial charge in [-0.05, 0) is 31.4 Å². The Hall–Kier alpha value is -2.49. The third-order valence-corrected chi connectivity index (χ3v) is 5.19. The number of benzene rings is 1. The first-order chi connectivity index (χ1) is 13.5. The second-order valence-electron chi connectivity index (χ2n) is 7.19. The SMILES string of the molecule is COCCCc1nc(-c2ccc(Cl)cc2)cc(=O)n1CC(=O)CC1(C#N)CC1. The number of nitriles is 1. The molecular weight excluding hydrogens is 378 g/mol. The number of ketones is 1. The summed E-state index contributed by atoms with van der Waals surface area (Å²) in [7, 11) is 1.62. The zero-order chi connectivity index (χ0) is 20.1. The Balaban J connectivity index is 1.89. The topological polar surface area (TPSA) is 85.0 Å². The quantitative estimate of drug-likeness (QED) is 0.603. The molecule has 146 valence electrons. The van der Waals surface area contributed by atoms with Gasteiger partial charge in [-0.15, -0.1) is 0 Å². The van der Waals surface area contributed by atoms with Gasteiger partial charge in [0.25, 0.3) is 5.56 Å². The van der Waals surface area contributed by atoms with E-state index in [0.29, 0.717) is 36.0 Å². The van der Waals surface area contributed by atoms with E-state index >= 15 is 0 Å². The number of aryl methyl sites for hydroxylation is 1. The fourth-order valence-corrected chi connectivity index (χ4v) is 3.27. The van der Waals surface area contributed by atoms with Crippen LogP contribution in [-0.4, -0.2) is 29.1 Å². The molecule has 0 aliphatic heterocycles. The number of nitrogens with zero attached hydrogens (tertiary/aromatic N) is 3. The third kappa shape index (κ3) is 4.86. The van der Waals surface area contributed by atoms with E-state index in [-0.39, 0.29) is 24.3 Å². The summed E-state index contributed by atoms with van der Waals surface area (Å²) in [5, 5.41) is 9.81. The van der Waals surface area contributed by atoms with Crippen LogP contribution in [0.3, 0.4) is 0 Å². The van der Waals surface area contributed by atoms with Gasteiger partial charge >= 0.3 is 0 Å². The molecule has 0 unspecified atom stereocenters. The lowest BCUT2D eigenvalue weighted by Crippen LogP contribution is -2.29. The van der Waals surface area contributed by atoms with Crippen LogP contribution in [0.4, 0.5) is 0 Å². The maximum absolute atomic E-state index is 12.8. The van der Waals surface area contributed by atoms with Crippen LogP contribution >= 0.6 is 11.6 Å². The van der Waals surface area contributed by atoms with Crippen molar-refractivity contribution in [2.75, 3.05) is 13.7 Å². The van der Waals surface area contributed by atoms with Crippen molar-refractivity contribution in [3.8, 4) is 17.3 Å². The van der Waals surface area contributed by atoms with E-state index in [2.05, 4.69) is 11.1 Å². The largest absolute Gasteiger partial charge is 0.385 e. The average Bonchev–Trinajstić information content (AvgIpc) is 3.44. The smallest absolute Gasteiger partial charge is 0.254 e. The minimum absolute atomic E-state index is 0.0571. The number of aromatic nitrogens is 2. The van der Waals surface area contributed by atoms with Gasteiger partial charge in [0.2, 0.25) is 0 Å². The normalized spacial score (nSPS) is 14.5. The third-order valence-electron chi connectivity index (χ3n) is 4.94. The van der Waals surface area contributed by atoms with Crippen molar-refractivity contribution >= 4 is 17.4 Å². The Morgan fingerprint density at radius 2 is 2.07 bits per heavy atom. The summed E-state index contributed by atoms with van der Waals surface area (Å²) >= 11 is 5.94. The predicted molar refractivity (Wildman–Crippen MR) is 106 cm³/mol. The molecule has 7 heteroatoms. The minimum atomic E-state index is -0.520. The monoisotopic (exact) mass is 399 g/mol. The van der Waals surface area contributed by atoms with E-state index in [0.717, 1.165) is 18.4 Å². The van der Waals surface area contributed by atoms with Crippen molar-refractivity contribution < 1.29 is 9.53 Å². The molecule has 1 aliphatic carbocycles. The average molecular weight is 400 g/mol. The highest BCUT2D eigenvalue weighted by Crippen LogP contribution is 2.48. The van der Waals surface area contributed by atoms with Gasteiger partial charge in [-0.2, -0.15) is 5.26 Å². The summed E-state index contributed by atoms with van der Waals surface area (Å²) in [6, 6.07) is 10.8. The number of carbonyl (C=O) groups is 1. The summed E-state index contributed by atoms with van der Waals surface area (Å²) in [4.78, 5) is 29.9. The lowest BCUT2D eigenvalue weighted by Gasteiger charge is -2.14. The number of halogens is 1. The van der Waals surface area contributed by atoms with Crippen molar-refractivity contribution in [3.05, 3.63) is 51.5 Å². The van der Waals surface area contributed by atoms with Gasteiger partial charge in [-0.25, -0.2) is 4.98 Å². The minimum Gasteiger partial charge on any atom is -0.385 e. The summed E-state index contributed by atoms with van der Waals surface area (Å²) < 4.78 is 6.52. The molecule has 1 aromatic carbocycles. The molecule has 0 radical (unpaired) electrons. The lowest BCUT2D eigenvalue weighted by molar-refractivity contribution is -0.120. The van der Waals surface area contributed by atoms with Crippen LogP contribution in [-0.2, 0) is 22.5 Å². The molecule has 1 saturated carbocycles. The van der Waals surface area contributed by atoms with Crippen LogP contribution in [0, 0.1) is 16.7 Å². The van der Waals surface area contributed by atoms with Crippen LogP contribution in [0.2, 0.25) is 5.02 Å². The summed E-state index contributed by atoms with van der Waals surface area (Å²) in [6.07, 6.45) is 2.88. The van der Waals surface area contributed by atoms with E-state index in [1.54, 1.807) is 19.2 Å². The summed E-state index contributed by atoms with van der Waals surface area (Å²) in [6.45, 7) is 0.477. The molecule has 1 heterocycles. The first-order valence-corrected chi connectivity index (χ1v) is 9.63. The number of ether oxygens (including phenoxy) is 1. The molecule has 0 atom stereocenters. The van der Waals surface area contributed by atoms with Crippen molar-refractivity contribution in [3.63, 3.8) is 0 Å². The molecule has 0 amide bonds. The molecule has 1 aliphatic rings. The molecular formula is C21H22ClN3O3. The number of carbonyl (C=O) groups excluding carboxylic acids is 1. The Bertz CT molecular complexity index is 956. The number of rotatable bonds is 9. The first-order valence-electron chi connectivity index (χ1n) is 9.25. The first kappa shape index (κ1) is 20.2. The maximum Gasteiger partial charge on any atom is 0.254 e. The highest BCUT2D eigenvalue weighted by Gasteiger charge is 2.44. The Kier molecular flexibility index (Phi) is 6.28. The molecule has 3 rings (SSSR count). The van der Waals surface area contributed by atoms with Gasteiger partial charge in [-0.1, -0.05) is 23.7 Å². The highest BCUT2D eigenvalue weighted by molar-refractivity contribution is 6.30. The number of hydrogen-bond acceptors (Lipinski definition) is 5. The van der Waals surface area contributed by atoms with Gasteiger partial charge in [0.05, 0.1) is 23.7 Å². The maximum atomic E-state index is 12.8. The number of methoxy groups -OCH3 is 1. The van der Waals surface area contributed by atoms with E-state index < -0.39 is 5.41 Å². The van der Waals surface area contributed by atoms with Crippen LogP contribution in [0.15, 0.2) is 35.1 Å². The fraction of sp³-hybridized carbons (Fsp3) is 0.429. The van der Waals surface area contributed by atoms with Gasteiger partial charge in [0.1, 0.15) is 5.82 Å². The number of hydrogen-bond donors (Lipinski definition) is 0. The van der Waals surface area contributed by atoms with Crippen molar-refractivity contribution in [1.82, 2.24) is 9.55 Å². The van der Waals surface area contributed by atoms with Crippen LogP contribution < -0.4 is 5.56 Å². The molecule has 0 saturated heterocycles. The zero-order valence-electron chi connectivity index (χ0n) is 15.8. The van der Waals surface area contributed by atoms with Crippen molar-refractivity contribution in [1.29, 1.82) is 5.26 Å². The predicted octanol–water partition coefficient (Wildman–Crippen LogP) is 3.41. The zero-order valence-corrected chi connectivity index (χ0v) is 16.5. The van der Waals surface area contributed by atoms with Gasteiger partial charge in [0.15, 0.2) is 5.78 Å². The summed E-state index contributed by atoms with van der Waals surface area (Å²) in [5.41, 5.74) is 0.540. The van der Waals surface area contributed by atoms with Crippen LogP contribution in [0.5, 0.6) is 0 Å². The molecule has 28 heavy (non-hydrogen) atoms. The Morgan fingerprint density at radius 3 is 2.68 bits per heavy atom. The second kappa shape index (κ2) is 8.68. The number of Topliss-reactive ketones (excluding diaryl/α,β-unsaturated/α-hetero) is 1. The van der Waals surface area contributed by atoms with Gasteiger partial charge in [-0.3, -0.25) is 14.2 Å². The Labute approximate surface area is 168 Å². The molecule has 0 spiro atoms. The van der Waals surface area contributed by atoms with Crippen molar-refractivity contribution in [2.24, 2.45) is 5.41 Å². The van der Waals surface area contributed by atoms with Gasteiger partial charge < -0.3 is 4.74 Å². The molecule has 1 fully saturated rings. The molecule has 2 aromatic rings. The van der Waals surface area contributed by atoms with Gasteiger partial charge in [0, 0.05) is 43.2 Å². The second-order valence-corrected chi connectivity index (χ2v) is 7.63. The van der Waals surface area contributed by atoms with Crippen LogP contribution in [0.1, 0.15) is 31.5 Å². The summed E-state index contributed by atoms with van der Waals surface area (Å²) in [5.74, 6) is 0.430. The van der Waals surface area contributed by atoms with E-state index in [1.807, 2.05) is 12.1 Å². The standard InChI is InChI=1S/C21H22ClN3O3/c1-28-10-2-3-19-24-18(15-4-6-16(22)7-5-15)11-20(27)25(19)13-17(26)12-21(14-23)8-9-21/h4-7,11H,2-3,8-10,12-13H2,1H3. The highest BCUT2D eigenvalue weighted by atomic mass is 35.5. The van der Waals surface area contributed by atoms with Crippen LogP contribution in [0.25, 0.3) is 11.3 Å². The van der Waals surface area contributed by atoms with E-state index in [4.69, 9.17) is 16.3 Å². The van der Waals surface area contributed by atoms with Crippen molar-refractivity contribution in [2.45, 2.75) is 38.6 Å². The van der Waals surface area contributed by atoms with E-state index in [1.165, 1.54) is 10.6 Å².